The van der Waals surface area contributed by atoms with E-state index in [-0.39, 0.29) is 11.9 Å². The van der Waals surface area contributed by atoms with Gasteiger partial charge in [-0.2, -0.15) is 0 Å². The minimum atomic E-state index is -0.0911. The lowest BCUT2D eigenvalue weighted by molar-refractivity contribution is -0.143. The van der Waals surface area contributed by atoms with E-state index >= 15 is 0 Å². The second-order valence-electron chi connectivity index (χ2n) is 5.01. The van der Waals surface area contributed by atoms with Crippen molar-refractivity contribution in [2.24, 2.45) is 0 Å². The van der Waals surface area contributed by atoms with Crippen LogP contribution in [0.3, 0.4) is 0 Å². The first-order valence-electron chi connectivity index (χ1n) is 7.21. The van der Waals surface area contributed by atoms with Crippen LogP contribution in [0.5, 0.6) is 0 Å². The van der Waals surface area contributed by atoms with E-state index in [4.69, 9.17) is 4.74 Å². The Hall–Kier alpha value is -1.57. The predicted octanol–water partition coefficient (Wildman–Crippen LogP) is 4.31. The normalized spacial score (nSPS) is 16.9. The molecule has 0 aromatic heterocycles. The van der Waals surface area contributed by atoms with E-state index in [1.165, 1.54) is 29.5 Å². The monoisotopic (exact) mass is 258 g/mol. The van der Waals surface area contributed by atoms with E-state index in [0.717, 1.165) is 6.42 Å². The molecular formula is C17H22O2. The zero-order valence-electron chi connectivity index (χ0n) is 11.8. The highest BCUT2D eigenvalue weighted by Gasteiger charge is 2.26. The number of carbonyl (C=O) groups excluding carboxylic acids is 1. The maximum Gasteiger partial charge on any atom is 0.306 e. The van der Waals surface area contributed by atoms with Crippen molar-refractivity contribution in [1.82, 2.24) is 0 Å². The second-order valence-corrected chi connectivity index (χ2v) is 5.01. The predicted molar refractivity (Wildman–Crippen MR) is 77.9 cm³/mol. The highest BCUT2D eigenvalue weighted by atomic mass is 16.5. The summed E-state index contributed by atoms with van der Waals surface area (Å²) < 4.78 is 5.11. The number of ether oxygens (including phenoxy) is 1. The van der Waals surface area contributed by atoms with Crippen LogP contribution in [0.1, 0.15) is 56.6 Å². The average molecular weight is 258 g/mol. The van der Waals surface area contributed by atoms with Gasteiger partial charge >= 0.3 is 5.97 Å². The van der Waals surface area contributed by atoms with Gasteiger partial charge in [0, 0.05) is 5.92 Å². The number of hydrogen-bond donors (Lipinski definition) is 0. The van der Waals surface area contributed by atoms with Crippen LogP contribution in [0.4, 0.5) is 0 Å². The summed E-state index contributed by atoms with van der Waals surface area (Å²) in [6.45, 7) is 4.51. The first kappa shape index (κ1) is 13.9. The molecule has 0 radical (unpaired) electrons. The number of carbonyl (C=O) groups is 1. The molecule has 1 aliphatic carbocycles. The number of fused-ring (bicyclic) bond motifs is 1. The summed E-state index contributed by atoms with van der Waals surface area (Å²) >= 11 is 0. The lowest BCUT2D eigenvalue weighted by atomic mass is 9.90. The minimum Gasteiger partial charge on any atom is -0.466 e. The Morgan fingerprint density at radius 1 is 1.26 bits per heavy atom. The quantitative estimate of drug-likeness (QED) is 0.711. The second kappa shape index (κ2) is 6.55. The number of allylic oxidation sites excluding steroid dienone is 1. The van der Waals surface area contributed by atoms with Crippen molar-refractivity contribution in [3.63, 3.8) is 0 Å². The molecule has 1 aromatic carbocycles. The third-order valence-corrected chi connectivity index (χ3v) is 3.66. The van der Waals surface area contributed by atoms with Crippen LogP contribution in [0.15, 0.2) is 29.8 Å². The Balaban J connectivity index is 2.16. The van der Waals surface area contributed by atoms with E-state index in [0.29, 0.717) is 13.0 Å². The molecule has 102 valence electrons. The molecule has 1 aliphatic rings. The van der Waals surface area contributed by atoms with Gasteiger partial charge in [0.05, 0.1) is 13.0 Å². The van der Waals surface area contributed by atoms with Gasteiger partial charge in [0.25, 0.3) is 0 Å². The number of hydrogen-bond acceptors (Lipinski definition) is 2. The van der Waals surface area contributed by atoms with Gasteiger partial charge in [-0.3, -0.25) is 4.79 Å². The van der Waals surface area contributed by atoms with E-state index < -0.39 is 0 Å². The van der Waals surface area contributed by atoms with Crippen LogP contribution in [0, 0.1) is 0 Å². The Labute approximate surface area is 115 Å². The highest BCUT2D eigenvalue weighted by molar-refractivity contribution is 5.75. The SMILES string of the molecule is CCCCC1=Cc2ccccc2C1CC(=O)OCC. The summed E-state index contributed by atoms with van der Waals surface area (Å²) in [5.74, 6) is 0.133. The molecule has 0 bridgehead atoms. The highest BCUT2D eigenvalue weighted by Crippen LogP contribution is 2.40. The molecule has 2 heteroatoms. The van der Waals surface area contributed by atoms with Crippen LogP contribution in [-0.2, 0) is 9.53 Å². The molecule has 1 unspecified atom stereocenters. The van der Waals surface area contributed by atoms with Crippen LogP contribution in [0.25, 0.3) is 6.08 Å². The summed E-state index contributed by atoms with van der Waals surface area (Å²) in [6, 6.07) is 8.37. The minimum absolute atomic E-state index is 0.0911. The fourth-order valence-corrected chi connectivity index (χ4v) is 2.71. The molecule has 0 spiro atoms. The molecule has 0 N–H and O–H groups in total. The fourth-order valence-electron chi connectivity index (χ4n) is 2.71. The van der Waals surface area contributed by atoms with E-state index in [1.54, 1.807) is 0 Å². The number of benzene rings is 1. The summed E-state index contributed by atoms with van der Waals surface area (Å²) in [6.07, 6.45) is 6.17. The molecule has 0 fully saturated rings. The molecule has 2 nitrogen and oxygen atoms in total. The summed E-state index contributed by atoms with van der Waals surface area (Å²) in [5, 5.41) is 0. The number of unbranched alkanes of at least 4 members (excludes halogenated alkanes) is 1. The fraction of sp³-hybridized carbons (Fsp3) is 0.471. The van der Waals surface area contributed by atoms with Gasteiger partial charge in [-0.05, 0) is 30.9 Å². The van der Waals surface area contributed by atoms with Crippen LogP contribution in [-0.4, -0.2) is 12.6 Å². The Kier molecular flexibility index (Phi) is 4.78. The van der Waals surface area contributed by atoms with E-state index in [2.05, 4.69) is 31.2 Å². The number of esters is 1. The molecular weight excluding hydrogens is 236 g/mol. The molecule has 0 aliphatic heterocycles. The van der Waals surface area contributed by atoms with Gasteiger partial charge in [-0.1, -0.05) is 49.3 Å². The van der Waals surface area contributed by atoms with Gasteiger partial charge in [0.15, 0.2) is 0 Å². The molecule has 0 heterocycles. The summed E-state index contributed by atoms with van der Waals surface area (Å²) in [7, 11) is 0. The van der Waals surface area contributed by atoms with Crippen LogP contribution < -0.4 is 0 Å². The molecule has 19 heavy (non-hydrogen) atoms. The van der Waals surface area contributed by atoms with Crippen LogP contribution >= 0.6 is 0 Å². The van der Waals surface area contributed by atoms with Gasteiger partial charge in [0.2, 0.25) is 0 Å². The Bertz CT molecular complexity index is 474. The van der Waals surface area contributed by atoms with E-state index in [1.807, 2.05) is 13.0 Å². The van der Waals surface area contributed by atoms with Gasteiger partial charge in [-0.15, -0.1) is 0 Å². The first-order valence-corrected chi connectivity index (χ1v) is 7.21. The van der Waals surface area contributed by atoms with Crippen molar-refractivity contribution in [3.8, 4) is 0 Å². The zero-order chi connectivity index (χ0) is 13.7. The summed E-state index contributed by atoms with van der Waals surface area (Å²) in [4.78, 5) is 11.8. The maximum atomic E-state index is 11.8. The Morgan fingerprint density at radius 3 is 2.79 bits per heavy atom. The first-order chi connectivity index (χ1) is 9.26. The van der Waals surface area contributed by atoms with E-state index in [9.17, 15) is 4.79 Å². The molecule has 1 atom stereocenters. The van der Waals surface area contributed by atoms with Crippen molar-refractivity contribution >= 4 is 12.0 Å². The Morgan fingerprint density at radius 2 is 2.05 bits per heavy atom. The van der Waals surface area contributed by atoms with Crippen molar-refractivity contribution in [3.05, 3.63) is 41.0 Å². The van der Waals surface area contributed by atoms with Gasteiger partial charge < -0.3 is 4.74 Å². The topological polar surface area (TPSA) is 26.3 Å². The lowest BCUT2D eigenvalue weighted by Crippen LogP contribution is -2.11. The molecule has 0 saturated heterocycles. The lowest BCUT2D eigenvalue weighted by Gasteiger charge is -2.16. The van der Waals surface area contributed by atoms with Crippen molar-refractivity contribution in [2.45, 2.75) is 45.4 Å². The van der Waals surface area contributed by atoms with Crippen molar-refractivity contribution in [2.75, 3.05) is 6.61 Å². The standard InChI is InChI=1S/C17H22O2/c1-3-5-8-14-11-13-9-6-7-10-15(13)16(14)12-17(18)19-4-2/h6-7,9-11,16H,3-5,8,12H2,1-2H3. The van der Waals surface area contributed by atoms with Crippen molar-refractivity contribution in [1.29, 1.82) is 0 Å². The summed E-state index contributed by atoms with van der Waals surface area (Å²) in [5.41, 5.74) is 3.93. The van der Waals surface area contributed by atoms with Crippen molar-refractivity contribution < 1.29 is 9.53 Å². The average Bonchev–Trinajstić information content (AvgIpc) is 2.75. The van der Waals surface area contributed by atoms with Gasteiger partial charge in [0.1, 0.15) is 0 Å². The van der Waals surface area contributed by atoms with Crippen LogP contribution in [0.2, 0.25) is 0 Å². The molecule has 0 amide bonds. The molecule has 0 saturated carbocycles. The zero-order valence-corrected chi connectivity index (χ0v) is 11.8. The smallest absolute Gasteiger partial charge is 0.306 e. The number of rotatable bonds is 6. The largest absolute Gasteiger partial charge is 0.466 e. The van der Waals surface area contributed by atoms with Gasteiger partial charge in [-0.25, -0.2) is 0 Å². The third kappa shape index (κ3) is 3.25. The maximum absolute atomic E-state index is 11.8. The molecule has 2 rings (SSSR count). The molecule has 1 aromatic rings. The third-order valence-electron chi connectivity index (χ3n) is 3.66.